The van der Waals surface area contributed by atoms with Gasteiger partial charge in [-0.2, -0.15) is 0 Å². The average Bonchev–Trinajstić information content (AvgIpc) is 2.91. The molecule has 0 spiro atoms. The molecule has 2 N–H and O–H groups in total. The van der Waals surface area contributed by atoms with E-state index in [-0.39, 0.29) is 0 Å². The summed E-state index contributed by atoms with van der Waals surface area (Å²) in [4.78, 5) is 0. The zero-order chi connectivity index (χ0) is 15.1. The van der Waals surface area contributed by atoms with Gasteiger partial charge in [-0.25, -0.2) is 0 Å². The van der Waals surface area contributed by atoms with Gasteiger partial charge in [0.1, 0.15) is 12.3 Å². The monoisotopic (exact) mass is 328 g/mol. The van der Waals surface area contributed by atoms with Crippen molar-refractivity contribution in [2.75, 3.05) is 19.8 Å². The minimum absolute atomic E-state index is 0.601. The van der Waals surface area contributed by atoms with Gasteiger partial charge >= 0.3 is 0 Å². The Hall–Kier alpha value is -1.00. The topological polar surface area (TPSA) is 39.0 Å². The van der Waals surface area contributed by atoms with Gasteiger partial charge in [-0.1, -0.05) is 23.2 Å². The summed E-state index contributed by atoms with van der Waals surface area (Å²) < 4.78 is 11.1. The van der Waals surface area contributed by atoms with Gasteiger partial charge in [0.05, 0.1) is 18.2 Å². The van der Waals surface area contributed by atoms with Gasteiger partial charge in [0, 0.05) is 23.6 Å². The van der Waals surface area contributed by atoms with Crippen LogP contribution in [0.15, 0.2) is 34.7 Å². The zero-order valence-electron chi connectivity index (χ0n) is 12.1. The fourth-order valence-electron chi connectivity index (χ4n) is 2.04. The molecule has 0 saturated heterocycles. The van der Waals surface area contributed by atoms with Crippen LogP contribution in [0, 0.1) is 0 Å². The molecule has 2 aromatic rings. The van der Waals surface area contributed by atoms with E-state index in [0.29, 0.717) is 10.0 Å². The van der Waals surface area contributed by atoms with Crippen molar-refractivity contribution in [2.45, 2.75) is 19.9 Å². The highest BCUT2D eigenvalue weighted by Crippen LogP contribution is 2.31. The molecule has 0 aliphatic carbocycles. The molecule has 2 rings (SSSR count). The maximum absolute atomic E-state index is 6.18. The summed E-state index contributed by atoms with van der Waals surface area (Å²) in [5.74, 6) is 1.71. The highest BCUT2D eigenvalue weighted by molar-refractivity contribution is 6.36. The third-order valence-corrected chi connectivity index (χ3v) is 3.65. The van der Waals surface area contributed by atoms with Crippen LogP contribution in [0.3, 0.4) is 0 Å². The molecule has 0 aliphatic rings. The lowest BCUT2D eigenvalue weighted by Crippen LogP contribution is -2.82. The standard InChI is InChI=1S/C16H19Cl2NO2/c1-2-20-9-3-8-19-11-13-5-7-16(21-13)14-6-4-12(17)10-15(14)18/h4-7,10,19H,2-3,8-9,11H2,1H3/p+1. The first kappa shape index (κ1) is 16.4. The van der Waals surface area contributed by atoms with Gasteiger partial charge in [-0.15, -0.1) is 0 Å². The molecule has 0 bridgehead atoms. The average molecular weight is 329 g/mol. The Kier molecular flexibility index (Phi) is 6.58. The zero-order valence-corrected chi connectivity index (χ0v) is 13.6. The van der Waals surface area contributed by atoms with Crippen LogP contribution < -0.4 is 5.32 Å². The van der Waals surface area contributed by atoms with Crippen LogP contribution in [0.25, 0.3) is 11.3 Å². The molecule has 0 unspecified atom stereocenters. The number of furan rings is 1. The highest BCUT2D eigenvalue weighted by Gasteiger charge is 2.09. The Morgan fingerprint density at radius 2 is 2.05 bits per heavy atom. The summed E-state index contributed by atoms with van der Waals surface area (Å²) in [5, 5.41) is 3.44. The summed E-state index contributed by atoms with van der Waals surface area (Å²) in [7, 11) is 0. The molecule has 5 heteroatoms. The fourth-order valence-corrected chi connectivity index (χ4v) is 2.54. The lowest BCUT2D eigenvalue weighted by molar-refractivity contribution is -0.672. The van der Waals surface area contributed by atoms with Gasteiger partial charge in [0.25, 0.3) is 0 Å². The van der Waals surface area contributed by atoms with Crippen molar-refractivity contribution in [1.82, 2.24) is 0 Å². The van der Waals surface area contributed by atoms with Crippen LogP contribution in [-0.4, -0.2) is 19.8 Å². The Labute approximate surface area is 135 Å². The predicted molar refractivity (Wildman–Crippen MR) is 85.8 cm³/mol. The highest BCUT2D eigenvalue weighted by atomic mass is 35.5. The van der Waals surface area contributed by atoms with Crippen LogP contribution in [0.1, 0.15) is 19.1 Å². The van der Waals surface area contributed by atoms with Gasteiger partial charge in [0.15, 0.2) is 5.76 Å². The number of hydrogen-bond acceptors (Lipinski definition) is 2. The minimum Gasteiger partial charge on any atom is -0.455 e. The normalized spacial score (nSPS) is 11.0. The minimum atomic E-state index is 0.601. The molecule has 0 aliphatic heterocycles. The smallest absolute Gasteiger partial charge is 0.158 e. The molecule has 0 amide bonds. The van der Waals surface area contributed by atoms with E-state index in [1.54, 1.807) is 6.07 Å². The number of benzene rings is 1. The molecule has 3 nitrogen and oxygen atoms in total. The second-order valence-electron chi connectivity index (χ2n) is 4.72. The first-order chi connectivity index (χ1) is 10.2. The van der Waals surface area contributed by atoms with Crippen LogP contribution in [0.5, 0.6) is 0 Å². The first-order valence-electron chi connectivity index (χ1n) is 7.14. The van der Waals surface area contributed by atoms with E-state index in [1.165, 1.54) is 0 Å². The number of hydrogen-bond donors (Lipinski definition) is 1. The van der Waals surface area contributed by atoms with Crippen molar-refractivity contribution in [1.29, 1.82) is 0 Å². The van der Waals surface area contributed by atoms with Crippen molar-refractivity contribution >= 4 is 23.2 Å². The van der Waals surface area contributed by atoms with Crippen LogP contribution >= 0.6 is 23.2 Å². The molecule has 0 radical (unpaired) electrons. The number of rotatable bonds is 8. The van der Waals surface area contributed by atoms with E-state index in [2.05, 4.69) is 5.32 Å². The molecule has 1 aromatic carbocycles. The van der Waals surface area contributed by atoms with E-state index in [4.69, 9.17) is 32.4 Å². The quantitative estimate of drug-likeness (QED) is 0.749. The van der Waals surface area contributed by atoms with Crippen molar-refractivity contribution in [2.24, 2.45) is 0 Å². The Morgan fingerprint density at radius 3 is 2.81 bits per heavy atom. The lowest BCUT2D eigenvalue weighted by Gasteiger charge is -2.02. The number of quaternary nitrogens is 1. The fraction of sp³-hybridized carbons (Fsp3) is 0.375. The second-order valence-corrected chi connectivity index (χ2v) is 5.57. The first-order valence-corrected chi connectivity index (χ1v) is 7.90. The summed E-state index contributed by atoms with van der Waals surface area (Å²) >= 11 is 12.1. The van der Waals surface area contributed by atoms with Crippen molar-refractivity contribution in [3.63, 3.8) is 0 Å². The van der Waals surface area contributed by atoms with E-state index < -0.39 is 0 Å². The molecular formula is C16H20Cl2NO2+. The predicted octanol–water partition coefficient (Wildman–Crippen LogP) is 3.74. The van der Waals surface area contributed by atoms with Gasteiger partial charge in [0.2, 0.25) is 0 Å². The SMILES string of the molecule is CCOCCC[NH2+]Cc1ccc(-c2ccc(Cl)cc2Cl)o1. The van der Waals surface area contributed by atoms with Gasteiger partial charge in [-0.05, 0) is 37.3 Å². The van der Waals surface area contributed by atoms with Crippen molar-refractivity contribution < 1.29 is 14.5 Å². The van der Waals surface area contributed by atoms with E-state index in [0.717, 1.165) is 49.8 Å². The van der Waals surface area contributed by atoms with Crippen LogP contribution in [0.4, 0.5) is 0 Å². The molecule has 0 atom stereocenters. The number of halogens is 2. The van der Waals surface area contributed by atoms with Gasteiger partial charge < -0.3 is 14.5 Å². The molecule has 1 aromatic heterocycles. The van der Waals surface area contributed by atoms with Crippen molar-refractivity contribution in [3.8, 4) is 11.3 Å². The summed E-state index contributed by atoms with van der Waals surface area (Å²) in [6, 6.07) is 9.34. The summed E-state index contributed by atoms with van der Waals surface area (Å²) in [6.45, 7) is 5.45. The maximum Gasteiger partial charge on any atom is 0.158 e. The summed E-state index contributed by atoms with van der Waals surface area (Å²) in [5.41, 5.74) is 0.865. The van der Waals surface area contributed by atoms with Crippen LogP contribution in [0.2, 0.25) is 10.0 Å². The van der Waals surface area contributed by atoms with Crippen LogP contribution in [-0.2, 0) is 11.3 Å². The largest absolute Gasteiger partial charge is 0.455 e. The molecule has 114 valence electrons. The second kappa shape index (κ2) is 8.44. The molecular weight excluding hydrogens is 309 g/mol. The number of ether oxygens (including phenoxy) is 1. The molecule has 21 heavy (non-hydrogen) atoms. The van der Waals surface area contributed by atoms with E-state index >= 15 is 0 Å². The molecule has 0 fully saturated rings. The third kappa shape index (κ3) is 5.04. The maximum atomic E-state index is 6.18. The van der Waals surface area contributed by atoms with E-state index in [9.17, 15) is 0 Å². The Bertz CT molecular complexity index is 569. The third-order valence-electron chi connectivity index (χ3n) is 3.10. The Balaban J connectivity index is 1.86. The van der Waals surface area contributed by atoms with E-state index in [1.807, 2.05) is 31.2 Å². The Morgan fingerprint density at radius 1 is 1.19 bits per heavy atom. The lowest BCUT2D eigenvalue weighted by atomic mass is 10.2. The van der Waals surface area contributed by atoms with Gasteiger partial charge in [-0.3, -0.25) is 0 Å². The summed E-state index contributed by atoms with van der Waals surface area (Å²) in [6.07, 6.45) is 1.05. The number of nitrogens with two attached hydrogens (primary N) is 1. The van der Waals surface area contributed by atoms with Crippen molar-refractivity contribution in [3.05, 3.63) is 46.1 Å². The molecule has 1 heterocycles. The molecule has 0 saturated carbocycles.